The number of carbonyl (C=O) groups excluding carboxylic acids is 5. The highest BCUT2D eigenvalue weighted by atomic mass is 16.5. The molecule has 0 radical (unpaired) electrons. The molecule has 0 saturated carbocycles. The summed E-state index contributed by atoms with van der Waals surface area (Å²) in [5.74, 6) is -2.11. The average Bonchev–Trinajstić information content (AvgIpc) is 2.55. The first-order valence-electron chi connectivity index (χ1n) is 6.48. The highest BCUT2D eigenvalue weighted by Crippen LogP contribution is 2.16. The molecule has 0 bridgehead atoms. The molecule has 1 rings (SSSR count). The fourth-order valence-corrected chi connectivity index (χ4v) is 1.76. The zero-order valence-electron chi connectivity index (χ0n) is 12.5. The van der Waals surface area contributed by atoms with Crippen LogP contribution in [0.2, 0.25) is 0 Å². The van der Waals surface area contributed by atoms with Gasteiger partial charge in [0.1, 0.15) is 5.54 Å². The Bertz CT molecular complexity index is 530. The van der Waals surface area contributed by atoms with Crippen molar-refractivity contribution in [1.82, 2.24) is 15.5 Å². The number of nitrogens with zero attached hydrogens (tertiary/aromatic N) is 1. The number of nitrogens with two attached hydrogens (primary N) is 1. The number of rotatable bonds is 5. The number of esters is 1. The molecule has 0 aromatic carbocycles. The second-order valence-electron chi connectivity index (χ2n) is 5.25. The van der Waals surface area contributed by atoms with E-state index in [1.807, 2.05) is 0 Å². The average molecular weight is 314 g/mol. The van der Waals surface area contributed by atoms with Gasteiger partial charge in [-0.3, -0.25) is 24.6 Å². The monoisotopic (exact) mass is 314 g/mol. The quantitative estimate of drug-likeness (QED) is 0.430. The molecule has 1 heterocycles. The summed E-state index contributed by atoms with van der Waals surface area (Å²) in [5.41, 5.74) is 3.74. The van der Waals surface area contributed by atoms with Crippen molar-refractivity contribution >= 4 is 29.8 Å². The molecule has 10 heteroatoms. The summed E-state index contributed by atoms with van der Waals surface area (Å²) in [4.78, 5) is 57.8. The fourth-order valence-electron chi connectivity index (χ4n) is 1.76. The van der Waals surface area contributed by atoms with Gasteiger partial charge in [-0.15, -0.1) is 0 Å². The Morgan fingerprint density at radius 1 is 1.36 bits per heavy atom. The molecule has 1 unspecified atom stereocenters. The molecule has 1 saturated heterocycles. The largest absolute Gasteiger partial charge is 0.452 e. The molecule has 0 aromatic heterocycles. The van der Waals surface area contributed by atoms with E-state index in [0.717, 1.165) is 4.90 Å². The van der Waals surface area contributed by atoms with Crippen LogP contribution < -0.4 is 16.4 Å². The second-order valence-corrected chi connectivity index (χ2v) is 5.25. The van der Waals surface area contributed by atoms with Crippen molar-refractivity contribution in [3.63, 3.8) is 0 Å². The summed E-state index contributed by atoms with van der Waals surface area (Å²) in [7, 11) is 0. The molecule has 4 N–H and O–H groups in total. The fraction of sp³-hybridized carbons (Fsp3) is 0.583. The smallest absolute Gasteiger partial charge is 0.325 e. The number of hydrogen-bond donors (Lipinski definition) is 3. The Kier molecular flexibility index (Phi) is 5.07. The molecule has 10 nitrogen and oxygen atoms in total. The van der Waals surface area contributed by atoms with Crippen molar-refractivity contribution in [3.8, 4) is 0 Å². The van der Waals surface area contributed by atoms with Crippen molar-refractivity contribution in [2.75, 3.05) is 6.54 Å². The van der Waals surface area contributed by atoms with Crippen molar-refractivity contribution in [2.24, 2.45) is 5.73 Å². The third-order valence-corrected chi connectivity index (χ3v) is 2.91. The van der Waals surface area contributed by atoms with E-state index in [1.54, 1.807) is 19.2 Å². The van der Waals surface area contributed by atoms with Crippen LogP contribution in [-0.4, -0.2) is 52.9 Å². The van der Waals surface area contributed by atoms with Crippen LogP contribution >= 0.6 is 0 Å². The zero-order chi connectivity index (χ0) is 17.1. The predicted octanol–water partition coefficient (Wildman–Crippen LogP) is -1.17. The topological polar surface area (TPSA) is 148 Å². The highest BCUT2D eigenvalue weighted by Gasteiger charge is 2.44. The number of nitrogens with one attached hydrogen (secondary N) is 2. The number of urea groups is 2. The van der Waals surface area contributed by atoms with Crippen LogP contribution in [0.25, 0.3) is 0 Å². The van der Waals surface area contributed by atoms with Gasteiger partial charge in [0.05, 0.1) is 6.42 Å². The van der Waals surface area contributed by atoms with Gasteiger partial charge in [-0.2, -0.15) is 0 Å². The Balaban J connectivity index is 2.47. The molecule has 1 atom stereocenters. The molecule has 1 fully saturated rings. The highest BCUT2D eigenvalue weighted by molar-refractivity contribution is 6.06. The number of hydrogen-bond acceptors (Lipinski definition) is 6. The van der Waals surface area contributed by atoms with Gasteiger partial charge in [0, 0.05) is 6.54 Å². The standard InChI is InChI=1S/C12H18N4O6/c1-6(8(18)14-10(13)20)22-7(17)4-5-16-9(19)12(2,3)15-11(16)21/h6H,4-5H2,1-3H3,(H,15,21)(H3,13,14,18,20). The summed E-state index contributed by atoms with van der Waals surface area (Å²) < 4.78 is 4.77. The lowest BCUT2D eigenvalue weighted by molar-refractivity contribution is -0.154. The number of primary amides is 1. The van der Waals surface area contributed by atoms with E-state index in [-0.39, 0.29) is 13.0 Å². The summed E-state index contributed by atoms with van der Waals surface area (Å²) in [6.07, 6.45) is -1.50. The van der Waals surface area contributed by atoms with Crippen LogP contribution in [0.15, 0.2) is 0 Å². The van der Waals surface area contributed by atoms with Gasteiger partial charge in [0.15, 0.2) is 6.10 Å². The van der Waals surface area contributed by atoms with E-state index in [1.165, 1.54) is 6.92 Å². The van der Waals surface area contributed by atoms with E-state index in [9.17, 15) is 24.0 Å². The van der Waals surface area contributed by atoms with Crippen molar-refractivity contribution in [1.29, 1.82) is 0 Å². The minimum atomic E-state index is -1.22. The van der Waals surface area contributed by atoms with Gasteiger partial charge in [0.25, 0.3) is 11.8 Å². The first-order valence-corrected chi connectivity index (χ1v) is 6.48. The Labute approximate surface area is 126 Å². The van der Waals surface area contributed by atoms with E-state index in [2.05, 4.69) is 5.32 Å². The third-order valence-electron chi connectivity index (χ3n) is 2.91. The van der Waals surface area contributed by atoms with Crippen LogP contribution in [0.1, 0.15) is 27.2 Å². The van der Waals surface area contributed by atoms with E-state index in [4.69, 9.17) is 10.5 Å². The van der Waals surface area contributed by atoms with Gasteiger partial charge >= 0.3 is 18.0 Å². The maximum Gasteiger partial charge on any atom is 0.325 e. The van der Waals surface area contributed by atoms with Crippen molar-refractivity contribution in [2.45, 2.75) is 38.8 Å². The molecule has 1 aliphatic rings. The minimum Gasteiger partial charge on any atom is -0.452 e. The van der Waals surface area contributed by atoms with Crippen molar-refractivity contribution < 1.29 is 28.7 Å². The molecule has 1 aliphatic heterocycles. The van der Waals surface area contributed by atoms with Crippen LogP contribution in [0.3, 0.4) is 0 Å². The first kappa shape index (κ1) is 17.4. The maximum absolute atomic E-state index is 11.9. The SMILES string of the molecule is CC(OC(=O)CCN1C(=O)NC(C)(C)C1=O)C(=O)NC(N)=O. The lowest BCUT2D eigenvalue weighted by Crippen LogP contribution is -2.42. The summed E-state index contributed by atoms with van der Waals surface area (Å²) in [6, 6.07) is -1.66. The Morgan fingerprint density at radius 3 is 2.41 bits per heavy atom. The lowest BCUT2D eigenvalue weighted by Gasteiger charge is -2.16. The lowest BCUT2D eigenvalue weighted by atomic mass is 10.1. The molecule has 0 aliphatic carbocycles. The van der Waals surface area contributed by atoms with E-state index < -0.39 is 41.5 Å². The molecule has 122 valence electrons. The number of carbonyl (C=O) groups is 5. The second kappa shape index (κ2) is 6.41. The third kappa shape index (κ3) is 4.17. The zero-order valence-corrected chi connectivity index (χ0v) is 12.5. The van der Waals surface area contributed by atoms with Crippen LogP contribution in [-0.2, 0) is 19.1 Å². The van der Waals surface area contributed by atoms with Crippen LogP contribution in [0.5, 0.6) is 0 Å². The van der Waals surface area contributed by atoms with Gasteiger partial charge in [-0.1, -0.05) is 0 Å². The van der Waals surface area contributed by atoms with Crippen LogP contribution in [0.4, 0.5) is 9.59 Å². The molecule has 0 spiro atoms. The number of imide groups is 2. The molecule has 22 heavy (non-hydrogen) atoms. The van der Waals surface area contributed by atoms with Gasteiger partial charge in [-0.25, -0.2) is 9.59 Å². The van der Waals surface area contributed by atoms with E-state index >= 15 is 0 Å². The summed E-state index contributed by atoms with van der Waals surface area (Å²) in [5, 5.41) is 4.23. The molecular formula is C12H18N4O6. The Morgan fingerprint density at radius 2 is 1.95 bits per heavy atom. The number of amides is 6. The number of ether oxygens (including phenoxy) is 1. The van der Waals surface area contributed by atoms with E-state index in [0.29, 0.717) is 0 Å². The Hall–Kier alpha value is -2.65. The summed E-state index contributed by atoms with van der Waals surface area (Å²) >= 11 is 0. The first-order chi connectivity index (χ1) is 10.0. The van der Waals surface area contributed by atoms with Gasteiger partial charge in [0.2, 0.25) is 0 Å². The molecular weight excluding hydrogens is 296 g/mol. The molecule has 6 amide bonds. The predicted molar refractivity (Wildman–Crippen MR) is 72.2 cm³/mol. The van der Waals surface area contributed by atoms with Gasteiger partial charge in [-0.05, 0) is 20.8 Å². The van der Waals surface area contributed by atoms with Crippen molar-refractivity contribution in [3.05, 3.63) is 0 Å². The summed E-state index contributed by atoms with van der Waals surface area (Å²) in [6.45, 7) is 4.17. The normalized spacial score (nSPS) is 17.7. The van der Waals surface area contributed by atoms with Crippen LogP contribution in [0, 0.1) is 0 Å². The van der Waals surface area contributed by atoms with Gasteiger partial charge < -0.3 is 15.8 Å². The minimum absolute atomic E-state index is 0.170. The maximum atomic E-state index is 11.9. The molecule has 0 aromatic rings.